The molecule has 0 aromatic heterocycles. The van der Waals surface area contributed by atoms with Gasteiger partial charge in [-0.05, 0) is 27.1 Å². The first-order chi connectivity index (χ1) is 5.16. The fraction of sp³-hybridized carbons (Fsp3) is 0.857. The van der Waals surface area contributed by atoms with Crippen LogP contribution in [0.15, 0.2) is 0 Å². The van der Waals surface area contributed by atoms with E-state index < -0.39 is 0 Å². The van der Waals surface area contributed by atoms with E-state index in [2.05, 4.69) is 15.5 Å². The summed E-state index contributed by atoms with van der Waals surface area (Å²) >= 11 is 0. The van der Waals surface area contributed by atoms with E-state index in [9.17, 15) is 4.79 Å². The first kappa shape index (κ1) is 10.2. The lowest BCUT2D eigenvalue weighted by Gasteiger charge is -2.09. The number of nitrogens with zero attached hydrogens (tertiary/aromatic N) is 1. The van der Waals surface area contributed by atoms with Gasteiger partial charge in [-0.3, -0.25) is 0 Å². The Labute approximate surface area is 70.9 Å². The van der Waals surface area contributed by atoms with Crippen molar-refractivity contribution in [3.8, 4) is 0 Å². The van der Waals surface area contributed by atoms with Crippen molar-refractivity contribution >= 4 is 6.03 Å². The Morgan fingerprint density at radius 1 is 1.55 bits per heavy atom. The lowest BCUT2D eigenvalue weighted by Crippen LogP contribution is -2.34. The van der Waals surface area contributed by atoms with Gasteiger partial charge < -0.3 is 15.5 Å². The van der Waals surface area contributed by atoms with Crippen LogP contribution < -0.4 is 10.6 Å². The average Bonchev–Trinajstić information content (AvgIpc) is 1.97. The van der Waals surface area contributed by atoms with E-state index in [4.69, 9.17) is 0 Å². The number of urea groups is 1. The molecule has 0 saturated heterocycles. The van der Waals surface area contributed by atoms with E-state index in [1.165, 1.54) is 0 Å². The predicted octanol–water partition coefficient (Wildman–Crippen LogP) is 0.359. The Kier molecular flexibility index (Phi) is 5.56. The quantitative estimate of drug-likeness (QED) is 0.588. The second kappa shape index (κ2) is 5.97. The van der Waals surface area contributed by atoms with Crippen molar-refractivity contribution in [3.63, 3.8) is 0 Å². The zero-order chi connectivity index (χ0) is 8.69. The van der Waals surface area contributed by atoms with E-state index in [0.29, 0.717) is 0 Å². The molecule has 0 aromatic carbocycles. The maximum atomic E-state index is 10.6. The zero-order valence-corrected chi connectivity index (χ0v) is 7.48. The molecule has 0 fully saturated rings. The van der Waals surface area contributed by atoms with E-state index >= 15 is 0 Å². The average molecular weight is 163 g/mol. The van der Waals surface area contributed by atoms with Crippen molar-refractivity contribution in [2.24, 2.45) is 0 Å². The number of nitrogens with one attached hydrogen (secondary N) is 2. The number of carbonyl (C=O) groups excluding carboxylic acids is 1. The first-order valence-electron chi connectivity index (χ1n) is 3.77. The van der Waals surface area contributed by atoms with Crippen LogP contribution in [0.5, 0.6) is 0 Å². The Balaban J connectivity index is -0.000000500. The molecule has 0 unspecified atom stereocenters. The Hall–Kier alpha value is -0.770. The molecule has 70 valence electrons. The van der Waals surface area contributed by atoms with Gasteiger partial charge in [-0.2, -0.15) is 0 Å². The molecular formula is C7H21N3O. The molecule has 0 heterocycles. The number of hydrogen-bond donors (Lipinski definition) is 2. The van der Waals surface area contributed by atoms with Gasteiger partial charge in [0.15, 0.2) is 0 Å². The lowest BCUT2D eigenvalue weighted by molar-refractivity contribution is 0.242. The summed E-state index contributed by atoms with van der Waals surface area (Å²) in [5, 5.41) is 5.20. The third kappa shape index (κ3) is 7.12. The van der Waals surface area contributed by atoms with E-state index in [1.54, 1.807) is 7.05 Å². The van der Waals surface area contributed by atoms with Gasteiger partial charge in [0, 0.05) is 16.4 Å². The normalized spacial score (nSPS) is 9.82. The standard InChI is InChI=1S/C7H17N3O.2H2/c1-8-7(11)9-5-4-6-10(2)3;;/h4-6H2,1-3H3,(H2,8,9,11);2*1H. The molecule has 0 rings (SSSR count). The minimum atomic E-state index is -0.108. The van der Waals surface area contributed by atoms with Crippen LogP contribution in [-0.4, -0.2) is 45.2 Å². The molecule has 0 aromatic rings. The highest BCUT2D eigenvalue weighted by molar-refractivity contribution is 5.73. The first-order valence-corrected chi connectivity index (χ1v) is 3.77. The molecule has 0 aliphatic carbocycles. The number of rotatable bonds is 4. The van der Waals surface area contributed by atoms with Crippen LogP contribution in [-0.2, 0) is 0 Å². The summed E-state index contributed by atoms with van der Waals surface area (Å²) in [6.07, 6.45) is 0.987. The van der Waals surface area contributed by atoms with Crippen molar-refractivity contribution in [1.82, 2.24) is 15.5 Å². The van der Waals surface area contributed by atoms with Crippen LogP contribution in [0.1, 0.15) is 9.27 Å². The van der Waals surface area contributed by atoms with Crippen LogP contribution >= 0.6 is 0 Å². The molecule has 0 saturated carbocycles. The topological polar surface area (TPSA) is 44.4 Å². The Bertz CT molecular complexity index is 122. The van der Waals surface area contributed by atoms with Crippen molar-refractivity contribution in [3.05, 3.63) is 0 Å². The van der Waals surface area contributed by atoms with Gasteiger partial charge in [0.25, 0.3) is 0 Å². The number of hydrogen-bond acceptors (Lipinski definition) is 2. The molecule has 0 aliphatic heterocycles. The number of amides is 2. The predicted molar refractivity (Wildman–Crippen MR) is 49.9 cm³/mol. The fourth-order valence-corrected chi connectivity index (χ4v) is 0.686. The highest BCUT2D eigenvalue weighted by atomic mass is 16.2. The molecule has 0 spiro atoms. The molecule has 0 aliphatic rings. The SMILES string of the molecule is CNC(=O)NCCCN(C)C.[HH].[HH]. The highest BCUT2D eigenvalue weighted by Gasteiger charge is 1.94. The zero-order valence-electron chi connectivity index (χ0n) is 7.48. The van der Waals surface area contributed by atoms with Crippen molar-refractivity contribution in [2.75, 3.05) is 34.2 Å². The molecule has 0 radical (unpaired) electrons. The van der Waals surface area contributed by atoms with Crippen LogP contribution in [0.4, 0.5) is 4.79 Å². The smallest absolute Gasteiger partial charge is 0.314 e. The van der Waals surface area contributed by atoms with Crippen molar-refractivity contribution in [1.29, 1.82) is 0 Å². The second-order valence-electron chi connectivity index (χ2n) is 2.66. The Morgan fingerprint density at radius 3 is 2.64 bits per heavy atom. The largest absolute Gasteiger partial charge is 0.341 e. The van der Waals surface area contributed by atoms with Gasteiger partial charge in [-0.1, -0.05) is 0 Å². The third-order valence-corrected chi connectivity index (χ3v) is 1.29. The summed E-state index contributed by atoms with van der Waals surface area (Å²) in [5.74, 6) is 0. The van der Waals surface area contributed by atoms with Gasteiger partial charge >= 0.3 is 6.03 Å². The maximum absolute atomic E-state index is 10.6. The molecule has 4 nitrogen and oxygen atoms in total. The van der Waals surface area contributed by atoms with Crippen LogP contribution in [0, 0.1) is 0 Å². The summed E-state index contributed by atoms with van der Waals surface area (Å²) in [5.41, 5.74) is 0. The second-order valence-corrected chi connectivity index (χ2v) is 2.66. The molecule has 11 heavy (non-hydrogen) atoms. The molecule has 2 amide bonds. The lowest BCUT2D eigenvalue weighted by atomic mass is 10.4. The van der Waals surface area contributed by atoms with Gasteiger partial charge in [-0.15, -0.1) is 0 Å². The molecule has 2 N–H and O–H groups in total. The third-order valence-electron chi connectivity index (χ3n) is 1.29. The van der Waals surface area contributed by atoms with Gasteiger partial charge in [-0.25, -0.2) is 4.79 Å². The number of carbonyl (C=O) groups is 1. The summed E-state index contributed by atoms with van der Waals surface area (Å²) in [4.78, 5) is 12.7. The minimum absolute atomic E-state index is 0. The summed E-state index contributed by atoms with van der Waals surface area (Å²) < 4.78 is 0. The minimum Gasteiger partial charge on any atom is -0.341 e. The van der Waals surface area contributed by atoms with Gasteiger partial charge in [0.1, 0.15) is 0 Å². The molecule has 4 heteroatoms. The highest BCUT2D eigenvalue weighted by Crippen LogP contribution is 1.79. The molecule has 0 bridgehead atoms. The Morgan fingerprint density at radius 2 is 2.18 bits per heavy atom. The van der Waals surface area contributed by atoms with Crippen molar-refractivity contribution in [2.45, 2.75) is 6.42 Å². The van der Waals surface area contributed by atoms with Gasteiger partial charge in [0.05, 0.1) is 0 Å². The monoisotopic (exact) mass is 163 g/mol. The van der Waals surface area contributed by atoms with E-state index in [-0.39, 0.29) is 8.88 Å². The maximum Gasteiger partial charge on any atom is 0.314 e. The van der Waals surface area contributed by atoms with Crippen molar-refractivity contribution < 1.29 is 7.65 Å². The van der Waals surface area contributed by atoms with Gasteiger partial charge in [0.2, 0.25) is 0 Å². The summed E-state index contributed by atoms with van der Waals surface area (Å²) in [6.45, 7) is 1.74. The summed E-state index contributed by atoms with van der Waals surface area (Å²) in [6, 6.07) is -0.108. The van der Waals surface area contributed by atoms with Crippen LogP contribution in [0.25, 0.3) is 0 Å². The van der Waals surface area contributed by atoms with E-state index in [0.717, 1.165) is 19.5 Å². The molecular weight excluding hydrogens is 142 g/mol. The van der Waals surface area contributed by atoms with Crippen LogP contribution in [0.2, 0.25) is 0 Å². The summed E-state index contributed by atoms with van der Waals surface area (Å²) in [7, 11) is 5.64. The molecule has 0 atom stereocenters. The van der Waals surface area contributed by atoms with E-state index in [1.807, 2.05) is 14.1 Å². The van der Waals surface area contributed by atoms with Crippen LogP contribution in [0.3, 0.4) is 0 Å². The fourth-order valence-electron chi connectivity index (χ4n) is 0.686.